The molecule has 5 heteroatoms. The zero-order valence-corrected chi connectivity index (χ0v) is 11.5. The second-order valence-corrected chi connectivity index (χ2v) is 4.86. The number of halogens is 3. The van der Waals surface area contributed by atoms with E-state index in [4.69, 9.17) is 0 Å². The Labute approximate surface area is 121 Å². The number of nitrogens with one attached hydrogen (secondary N) is 1. The van der Waals surface area contributed by atoms with Gasteiger partial charge in [0.15, 0.2) is 0 Å². The van der Waals surface area contributed by atoms with E-state index >= 15 is 0 Å². The van der Waals surface area contributed by atoms with E-state index in [0.717, 1.165) is 23.8 Å². The Bertz CT molecular complexity index is 601. The molecule has 2 atom stereocenters. The van der Waals surface area contributed by atoms with Crippen molar-refractivity contribution in [2.45, 2.75) is 19.1 Å². The van der Waals surface area contributed by atoms with Crippen molar-refractivity contribution in [1.82, 2.24) is 5.32 Å². The summed E-state index contributed by atoms with van der Waals surface area (Å²) in [7, 11) is 0. The van der Waals surface area contributed by atoms with Crippen LogP contribution < -0.4 is 5.32 Å². The standard InChI is InChI=1S/C16H16F3NO/c1-10(11-2-4-12(17)5-3-11)20-9-16(21)14-8-13(18)6-7-15(14)19/h2-8,10,16,20-21H,9H2,1H3. The SMILES string of the molecule is CC(NCC(O)c1cc(F)ccc1F)c1ccc(F)cc1. The molecule has 2 N–H and O–H groups in total. The van der Waals surface area contributed by atoms with E-state index in [-0.39, 0.29) is 24.0 Å². The van der Waals surface area contributed by atoms with E-state index in [2.05, 4.69) is 5.32 Å². The minimum atomic E-state index is -1.16. The Morgan fingerprint density at radius 2 is 1.62 bits per heavy atom. The van der Waals surface area contributed by atoms with Crippen LogP contribution in [-0.4, -0.2) is 11.7 Å². The fourth-order valence-electron chi connectivity index (χ4n) is 2.04. The molecule has 0 radical (unpaired) electrons. The molecule has 21 heavy (non-hydrogen) atoms. The van der Waals surface area contributed by atoms with E-state index in [1.165, 1.54) is 12.1 Å². The highest BCUT2D eigenvalue weighted by molar-refractivity contribution is 5.22. The van der Waals surface area contributed by atoms with Gasteiger partial charge in [0.05, 0.1) is 6.10 Å². The van der Waals surface area contributed by atoms with Gasteiger partial charge in [-0.25, -0.2) is 13.2 Å². The molecule has 2 aromatic rings. The molecule has 0 fully saturated rings. The summed E-state index contributed by atoms with van der Waals surface area (Å²) in [6.07, 6.45) is -1.16. The maximum atomic E-state index is 13.5. The number of hydrogen-bond donors (Lipinski definition) is 2. The number of aliphatic hydroxyl groups is 1. The first-order valence-electron chi connectivity index (χ1n) is 6.59. The number of hydrogen-bond acceptors (Lipinski definition) is 2. The van der Waals surface area contributed by atoms with Gasteiger partial charge in [0.25, 0.3) is 0 Å². The van der Waals surface area contributed by atoms with Crippen molar-refractivity contribution in [2.75, 3.05) is 6.54 Å². The zero-order valence-electron chi connectivity index (χ0n) is 11.5. The highest BCUT2D eigenvalue weighted by atomic mass is 19.1. The van der Waals surface area contributed by atoms with Crippen LogP contribution in [0.1, 0.15) is 30.2 Å². The third kappa shape index (κ3) is 4.06. The Morgan fingerprint density at radius 3 is 2.29 bits per heavy atom. The van der Waals surface area contributed by atoms with Gasteiger partial charge in [-0.2, -0.15) is 0 Å². The first-order valence-corrected chi connectivity index (χ1v) is 6.59. The summed E-state index contributed by atoms with van der Waals surface area (Å²) < 4.78 is 39.4. The molecule has 112 valence electrons. The quantitative estimate of drug-likeness (QED) is 0.885. The second kappa shape index (κ2) is 6.74. The summed E-state index contributed by atoms with van der Waals surface area (Å²) >= 11 is 0. The molecule has 0 aromatic heterocycles. The van der Waals surface area contributed by atoms with Gasteiger partial charge >= 0.3 is 0 Å². The molecule has 0 saturated heterocycles. The van der Waals surface area contributed by atoms with Gasteiger partial charge in [-0.1, -0.05) is 12.1 Å². The maximum absolute atomic E-state index is 13.5. The van der Waals surface area contributed by atoms with Gasteiger partial charge in [-0.15, -0.1) is 0 Å². The molecule has 0 saturated carbocycles. The van der Waals surface area contributed by atoms with Crippen molar-refractivity contribution < 1.29 is 18.3 Å². The molecule has 0 spiro atoms. The topological polar surface area (TPSA) is 32.3 Å². The molecule has 0 amide bonds. The normalized spacial score (nSPS) is 14.0. The Balaban J connectivity index is 1.98. The first kappa shape index (κ1) is 15.5. The predicted octanol–water partition coefficient (Wildman–Crippen LogP) is 3.49. The average Bonchev–Trinajstić information content (AvgIpc) is 2.47. The summed E-state index contributed by atoms with van der Waals surface area (Å²) in [6, 6.07) is 8.75. The zero-order chi connectivity index (χ0) is 15.4. The van der Waals surface area contributed by atoms with E-state index in [9.17, 15) is 18.3 Å². The molecule has 2 unspecified atom stereocenters. The van der Waals surface area contributed by atoms with E-state index < -0.39 is 17.7 Å². The summed E-state index contributed by atoms with van der Waals surface area (Å²) in [4.78, 5) is 0. The number of aliphatic hydroxyl groups excluding tert-OH is 1. The molecule has 0 aliphatic rings. The van der Waals surface area contributed by atoms with Gasteiger partial charge in [-0.3, -0.25) is 0 Å². The lowest BCUT2D eigenvalue weighted by Gasteiger charge is -2.18. The Kier molecular flexibility index (Phi) is 4.98. The molecule has 2 nitrogen and oxygen atoms in total. The van der Waals surface area contributed by atoms with Crippen molar-refractivity contribution in [3.8, 4) is 0 Å². The largest absolute Gasteiger partial charge is 0.387 e. The average molecular weight is 295 g/mol. The molecule has 0 aliphatic carbocycles. The lowest BCUT2D eigenvalue weighted by molar-refractivity contribution is 0.166. The molecule has 0 bridgehead atoms. The monoisotopic (exact) mass is 295 g/mol. The van der Waals surface area contributed by atoms with Crippen LogP contribution in [0.25, 0.3) is 0 Å². The van der Waals surface area contributed by atoms with Crippen molar-refractivity contribution in [3.63, 3.8) is 0 Å². The van der Waals surface area contributed by atoms with Crippen LogP contribution >= 0.6 is 0 Å². The predicted molar refractivity (Wildman–Crippen MR) is 74.1 cm³/mol. The Hall–Kier alpha value is -1.85. The number of benzene rings is 2. The van der Waals surface area contributed by atoms with Crippen molar-refractivity contribution in [1.29, 1.82) is 0 Å². The molecule has 2 rings (SSSR count). The molecule has 0 aliphatic heterocycles. The summed E-state index contributed by atoms with van der Waals surface area (Å²) in [5.41, 5.74) is 0.747. The van der Waals surface area contributed by atoms with E-state index in [1.807, 2.05) is 6.92 Å². The molecule has 2 aromatic carbocycles. The summed E-state index contributed by atoms with van der Waals surface area (Å²) in [5, 5.41) is 12.9. The Morgan fingerprint density at radius 1 is 1.00 bits per heavy atom. The van der Waals surface area contributed by atoms with Crippen molar-refractivity contribution in [2.24, 2.45) is 0 Å². The second-order valence-electron chi connectivity index (χ2n) is 4.86. The van der Waals surface area contributed by atoms with Gasteiger partial charge in [0.2, 0.25) is 0 Å². The van der Waals surface area contributed by atoms with Gasteiger partial charge in [0.1, 0.15) is 17.5 Å². The van der Waals surface area contributed by atoms with Gasteiger partial charge in [-0.05, 0) is 42.8 Å². The minimum absolute atomic E-state index is 0.0545. The highest BCUT2D eigenvalue weighted by Gasteiger charge is 2.15. The van der Waals surface area contributed by atoms with Gasteiger partial charge in [0, 0.05) is 18.2 Å². The molecular formula is C16H16F3NO. The third-order valence-electron chi connectivity index (χ3n) is 3.30. The van der Waals surface area contributed by atoms with Crippen LogP contribution in [0.3, 0.4) is 0 Å². The molecular weight excluding hydrogens is 279 g/mol. The fourth-order valence-corrected chi connectivity index (χ4v) is 2.04. The lowest BCUT2D eigenvalue weighted by atomic mass is 10.1. The van der Waals surface area contributed by atoms with Crippen LogP contribution in [0.15, 0.2) is 42.5 Å². The fraction of sp³-hybridized carbons (Fsp3) is 0.250. The highest BCUT2D eigenvalue weighted by Crippen LogP contribution is 2.19. The smallest absolute Gasteiger partial charge is 0.129 e. The lowest BCUT2D eigenvalue weighted by Crippen LogP contribution is -2.25. The minimum Gasteiger partial charge on any atom is -0.387 e. The number of rotatable bonds is 5. The molecule has 0 heterocycles. The van der Waals surface area contributed by atoms with Crippen LogP contribution in [0.2, 0.25) is 0 Å². The van der Waals surface area contributed by atoms with Crippen molar-refractivity contribution >= 4 is 0 Å². The summed E-state index contributed by atoms with van der Waals surface area (Å²) in [6.45, 7) is 1.89. The van der Waals surface area contributed by atoms with E-state index in [0.29, 0.717) is 0 Å². The third-order valence-corrected chi connectivity index (χ3v) is 3.30. The van der Waals surface area contributed by atoms with Crippen LogP contribution in [-0.2, 0) is 0 Å². The van der Waals surface area contributed by atoms with Crippen molar-refractivity contribution in [3.05, 3.63) is 71.0 Å². The van der Waals surface area contributed by atoms with E-state index in [1.54, 1.807) is 12.1 Å². The van der Waals surface area contributed by atoms with Crippen LogP contribution in [0.4, 0.5) is 13.2 Å². The maximum Gasteiger partial charge on any atom is 0.129 e. The van der Waals surface area contributed by atoms with Gasteiger partial charge < -0.3 is 10.4 Å². The van der Waals surface area contributed by atoms with Crippen LogP contribution in [0, 0.1) is 17.5 Å². The first-order chi connectivity index (χ1) is 9.97. The van der Waals surface area contributed by atoms with Crippen LogP contribution in [0.5, 0.6) is 0 Å². The summed E-state index contributed by atoms with van der Waals surface area (Å²) in [5.74, 6) is -1.58.